The van der Waals surface area contributed by atoms with E-state index in [1.807, 2.05) is 6.07 Å². The van der Waals surface area contributed by atoms with Gasteiger partial charge in [-0.15, -0.1) is 11.3 Å². The maximum Gasteiger partial charge on any atom is 0.123 e. The van der Waals surface area contributed by atoms with E-state index < -0.39 is 0 Å². The highest BCUT2D eigenvalue weighted by Gasteiger charge is 2.16. The van der Waals surface area contributed by atoms with Crippen LogP contribution in [0.2, 0.25) is 0 Å². The first-order valence-corrected chi connectivity index (χ1v) is 8.55. The third kappa shape index (κ3) is 2.82. The van der Waals surface area contributed by atoms with Crippen LogP contribution in [-0.2, 0) is 19.5 Å². The zero-order valence-corrected chi connectivity index (χ0v) is 13.2. The van der Waals surface area contributed by atoms with Crippen LogP contribution in [0.4, 0.5) is 0 Å². The van der Waals surface area contributed by atoms with Crippen LogP contribution in [0.5, 0.6) is 0 Å². The molecule has 0 saturated heterocycles. The summed E-state index contributed by atoms with van der Waals surface area (Å²) in [6, 6.07) is 19.2. The van der Waals surface area contributed by atoms with Gasteiger partial charge in [0.15, 0.2) is 0 Å². The third-order valence-corrected chi connectivity index (χ3v) is 5.11. The summed E-state index contributed by atoms with van der Waals surface area (Å²) in [6.07, 6.45) is 1.14. The number of thiazole rings is 1. The molecule has 1 aliphatic rings. The normalized spacial score (nSPS) is 14.7. The van der Waals surface area contributed by atoms with Crippen LogP contribution >= 0.6 is 11.3 Å². The molecule has 3 aromatic rings. The Morgan fingerprint density at radius 1 is 0.955 bits per heavy atom. The van der Waals surface area contributed by atoms with Crippen LogP contribution in [0.3, 0.4) is 0 Å². The van der Waals surface area contributed by atoms with E-state index in [4.69, 9.17) is 4.98 Å². The first-order chi connectivity index (χ1) is 10.9. The van der Waals surface area contributed by atoms with Gasteiger partial charge in [0.1, 0.15) is 5.01 Å². The highest BCUT2D eigenvalue weighted by Crippen LogP contribution is 2.25. The van der Waals surface area contributed by atoms with Crippen LogP contribution in [0.1, 0.15) is 16.8 Å². The molecule has 0 fully saturated rings. The zero-order valence-electron chi connectivity index (χ0n) is 12.4. The summed E-state index contributed by atoms with van der Waals surface area (Å²) in [4.78, 5) is 7.30. The zero-order chi connectivity index (χ0) is 14.8. The molecule has 0 spiro atoms. The van der Waals surface area contributed by atoms with Gasteiger partial charge in [-0.05, 0) is 17.5 Å². The molecule has 0 unspecified atom stereocenters. The predicted octanol–water partition coefficient (Wildman–Crippen LogP) is 4.37. The number of nitrogens with zero attached hydrogens (tertiary/aromatic N) is 2. The van der Waals surface area contributed by atoms with Crippen molar-refractivity contribution in [2.24, 2.45) is 0 Å². The van der Waals surface area contributed by atoms with Crippen molar-refractivity contribution in [1.29, 1.82) is 0 Å². The fourth-order valence-electron chi connectivity index (χ4n) is 3.01. The van der Waals surface area contributed by atoms with Crippen molar-refractivity contribution in [2.45, 2.75) is 19.5 Å². The maximum atomic E-state index is 4.81. The van der Waals surface area contributed by atoms with Crippen molar-refractivity contribution in [3.8, 4) is 10.6 Å². The number of rotatable bonds is 3. The Morgan fingerprint density at radius 3 is 2.59 bits per heavy atom. The standard InChI is InChI=1S/C19H18N2S/c1-2-7-16(8-3-1)19-20-18(14-22-19)13-21-11-10-15-6-4-5-9-17(15)12-21/h1-9,14H,10-13H2. The third-order valence-electron chi connectivity index (χ3n) is 4.17. The molecule has 2 nitrogen and oxygen atoms in total. The monoisotopic (exact) mass is 306 g/mol. The summed E-state index contributed by atoms with van der Waals surface area (Å²) in [6.45, 7) is 3.10. The van der Waals surface area contributed by atoms with E-state index in [9.17, 15) is 0 Å². The highest BCUT2D eigenvalue weighted by atomic mass is 32.1. The lowest BCUT2D eigenvalue weighted by Gasteiger charge is -2.27. The van der Waals surface area contributed by atoms with Gasteiger partial charge in [0.25, 0.3) is 0 Å². The molecule has 0 radical (unpaired) electrons. The molecular weight excluding hydrogens is 288 g/mol. The number of aromatic nitrogens is 1. The van der Waals surface area contributed by atoms with Gasteiger partial charge in [-0.2, -0.15) is 0 Å². The van der Waals surface area contributed by atoms with E-state index in [2.05, 4.69) is 58.8 Å². The quantitative estimate of drug-likeness (QED) is 0.714. The molecule has 0 bridgehead atoms. The van der Waals surface area contributed by atoms with E-state index >= 15 is 0 Å². The van der Waals surface area contributed by atoms with Crippen molar-refractivity contribution in [2.75, 3.05) is 6.54 Å². The smallest absolute Gasteiger partial charge is 0.123 e. The SMILES string of the molecule is c1ccc(-c2nc(CN3CCc4ccccc4C3)cs2)cc1. The number of hydrogen-bond donors (Lipinski definition) is 0. The highest BCUT2D eigenvalue weighted by molar-refractivity contribution is 7.13. The van der Waals surface area contributed by atoms with E-state index in [1.54, 1.807) is 11.3 Å². The maximum absolute atomic E-state index is 4.81. The minimum Gasteiger partial charge on any atom is -0.293 e. The molecule has 2 heterocycles. The van der Waals surface area contributed by atoms with Crippen molar-refractivity contribution in [3.63, 3.8) is 0 Å². The summed E-state index contributed by atoms with van der Waals surface area (Å²) in [7, 11) is 0. The fraction of sp³-hybridized carbons (Fsp3) is 0.211. The molecule has 22 heavy (non-hydrogen) atoms. The Kier molecular flexibility index (Phi) is 3.75. The van der Waals surface area contributed by atoms with E-state index in [-0.39, 0.29) is 0 Å². The summed E-state index contributed by atoms with van der Waals surface area (Å²) >= 11 is 1.74. The second-order valence-electron chi connectivity index (χ2n) is 5.74. The minimum atomic E-state index is 0.942. The first-order valence-electron chi connectivity index (χ1n) is 7.67. The summed E-state index contributed by atoms with van der Waals surface area (Å²) < 4.78 is 0. The Morgan fingerprint density at radius 2 is 1.73 bits per heavy atom. The van der Waals surface area contributed by atoms with Crippen LogP contribution in [-0.4, -0.2) is 16.4 Å². The minimum absolute atomic E-state index is 0.942. The van der Waals surface area contributed by atoms with Crippen molar-refractivity contribution >= 4 is 11.3 Å². The van der Waals surface area contributed by atoms with Crippen molar-refractivity contribution in [1.82, 2.24) is 9.88 Å². The van der Waals surface area contributed by atoms with Gasteiger partial charge in [0, 0.05) is 30.6 Å². The summed E-state index contributed by atoms with van der Waals surface area (Å²) in [5.74, 6) is 0. The molecule has 1 aromatic heterocycles. The van der Waals surface area contributed by atoms with Crippen molar-refractivity contribution < 1.29 is 0 Å². The topological polar surface area (TPSA) is 16.1 Å². The molecule has 4 rings (SSSR count). The summed E-state index contributed by atoms with van der Waals surface area (Å²) in [5.41, 5.74) is 5.36. The average molecular weight is 306 g/mol. The molecule has 0 atom stereocenters. The Hall–Kier alpha value is -1.97. The molecule has 3 heteroatoms. The largest absolute Gasteiger partial charge is 0.293 e. The lowest BCUT2D eigenvalue weighted by Crippen LogP contribution is -2.30. The van der Waals surface area contributed by atoms with E-state index in [0.29, 0.717) is 0 Å². The van der Waals surface area contributed by atoms with Gasteiger partial charge in [-0.3, -0.25) is 4.90 Å². The van der Waals surface area contributed by atoms with Gasteiger partial charge in [-0.25, -0.2) is 4.98 Å². The lowest BCUT2D eigenvalue weighted by molar-refractivity contribution is 0.243. The van der Waals surface area contributed by atoms with E-state index in [0.717, 1.165) is 31.1 Å². The second-order valence-corrected chi connectivity index (χ2v) is 6.60. The molecule has 0 N–H and O–H groups in total. The van der Waals surface area contributed by atoms with E-state index in [1.165, 1.54) is 22.4 Å². The molecule has 0 saturated carbocycles. The number of hydrogen-bond acceptors (Lipinski definition) is 3. The Bertz CT molecular complexity index is 764. The molecule has 0 amide bonds. The van der Waals surface area contributed by atoms with Gasteiger partial charge in [-0.1, -0.05) is 54.6 Å². The van der Waals surface area contributed by atoms with Crippen LogP contribution in [0, 0.1) is 0 Å². The van der Waals surface area contributed by atoms with Gasteiger partial charge in [0.2, 0.25) is 0 Å². The first kappa shape index (κ1) is 13.7. The van der Waals surface area contributed by atoms with Crippen LogP contribution in [0.15, 0.2) is 60.0 Å². The van der Waals surface area contributed by atoms with Gasteiger partial charge in [0.05, 0.1) is 5.69 Å². The lowest BCUT2D eigenvalue weighted by atomic mass is 10.00. The van der Waals surface area contributed by atoms with Gasteiger partial charge < -0.3 is 0 Å². The number of benzene rings is 2. The van der Waals surface area contributed by atoms with Crippen LogP contribution in [0.25, 0.3) is 10.6 Å². The average Bonchev–Trinajstić information content (AvgIpc) is 3.04. The predicted molar refractivity (Wildman–Crippen MR) is 91.8 cm³/mol. The fourth-order valence-corrected chi connectivity index (χ4v) is 3.83. The van der Waals surface area contributed by atoms with Crippen LogP contribution < -0.4 is 0 Å². The van der Waals surface area contributed by atoms with Crippen molar-refractivity contribution in [3.05, 3.63) is 76.8 Å². The molecule has 2 aromatic carbocycles. The Balaban J connectivity index is 1.48. The molecule has 1 aliphatic heterocycles. The second kappa shape index (κ2) is 6.03. The number of fused-ring (bicyclic) bond motifs is 1. The van der Waals surface area contributed by atoms with Gasteiger partial charge >= 0.3 is 0 Å². The molecule has 110 valence electrons. The summed E-state index contributed by atoms with van der Waals surface area (Å²) in [5, 5.41) is 3.32. The molecule has 0 aliphatic carbocycles. The molecular formula is C19H18N2S. The Labute approximate surface area is 135 Å².